The predicted octanol–water partition coefficient (Wildman–Crippen LogP) is 3.30. The molecule has 3 aliphatic carbocycles. The fourth-order valence-corrected chi connectivity index (χ4v) is 9.38. The molecule has 2 saturated carbocycles. The van der Waals surface area contributed by atoms with Crippen molar-refractivity contribution in [3.8, 4) is 11.6 Å². The third-order valence-corrected chi connectivity index (χ3v) is 13.0. The lowest BCUT2D eigenvalue weighted by Gasteiger charge is -2.35. The summed E-state index contributed by atoms with van der Waals surface area (Å²) in [5.74, 6) is -2.18. The van der Waals surface area contributed by atoms with E-state index in [4.69, 9.17) is 19.2 Å². The van der Waals surface area contributed by atoms with Gasteiger partial charge in [-0.1, -0.05) is 25.0 Å². The van der Waals surface area contributed by atoms with Crippen LogP contribution in [0.5, 0.6) is 11.6 Å². The maximum atomic E-state index is 14.6. The topological polar surface area (TPSA) is 203 Å². The monoisotopic (exact) mass is 781 g/mol. The van der Waals surface area contributed by atoms with Crippen LogP contribution in [0.25, 0.3) is 10.9 Å². The van der Waals surface area contributed by atoms with Crippen LogP contribution < -0.4 is 24.8 Å². The number of carbonyl (C=O) groups excluding carboxylic acids is 4. The van der Waals surface area contributed by atoms with Crippen molar-refractivity contribution in [2.75, 3.05) is 13.7 Å². The number of allylic oxidation sites excluding steroid dienone is 1. The van der Waals surface area contributed by atoms with Crippen molar-refractivity contribution in [1.29, 1.82) is 0 Å². The standard InChI is InChI=1S/C39H51N5O10S/c1-37(2,3)54-36(48)41-31-14-9-7-5-6-8-11-23-20-38(23,34(46)43-55(50,51)26-16-17-26)42-35(47)39(49)21-25(22-44(39)33(31)45)53-32-28-13-10-12-27(28)29-19-24(52-4)15-18-30(29)40-32/h8,11,15,18-19,23,25-26,31,49H,5-7,9-10,12-14,16-17,20-22H2,1-4H3,(H,41,48)(H,42,47)(H,43,46)/b11-8-/t23-,25-,31?,38-,39-/m1/s1. The van der Waals surface area contributed by atoms with Crippen LogP contribution in [-0.4, -0.2) is 95.1 Å². The van der Waals surface area contributed by atoms with Crippen LogP contribution in [0, 0.1) is 5.92 Å². The van der Waals surface area contributed by atoms with Gasteiger partial charge in [-0.15, -0.1) is 0 Å². The zero-order valence-electron chi connectivity index (χ0n) is 31.8. The molecular formula is C39H51N5O10S. The summed E-state index contributed by atoms with van der Waals surface area (Å²) in [6.45, 7) is 4.85. The molecule has 5 aliphatic rings. The molecule has 1 aromatic carbocycles. The molecule has 298 valence electrons. The second-order valence-corrected chi connectivity index (χ2v) is 18.5. The number of sulfonamides is 1. The van der Waals surface area contributed by atoms with E-state index in [1.54, 1.807) is 40.0 Å². The Labute approximate surface area is 321 Å². The van der Waals surface area contributed by atoms with Gasteiger partial charge >= 0.3 is 6.09 Å². The number of methoxy groups -OCH3 is 1. The lowest BCUT2D eigenvalue weighted by molar-refractivity contribution is -0.170. The quantitative estimate of drug-likeness (QED) is 0.300. The maximum absolute atomic E-state index is 14.6. The smallest absolute Gasteiger partial charge is 0.408 e. The first-order valence-electron chi connectivity index (χ1n) is 19.3. The Morgan fingerprint density at radius 2 is 1.80 bits per heavy atom. The van der Waals surface area contributed by atoms with Gasteiger partial charge in [-0.25, -0.2) is 18.2 Å². The van der Waals surface area contributed by atoms with Crippen molar-refractivity contribution in [3.63, 3.8) is 0 Å². The molecule has 3 heterocycles. The average Bonchev–Trinajstić information content (AvgIpc) is 4.01. The third kappa shape index (κ3) is 7.98. The number of nitrogens with one attached hydrogen (secondary N) is 3. The van der Waals surface area contributed by atoms with Gasteiger partial charge in [-0.3, -0.25) is 19.1 Å². The fraction of sp³-hybridized carbons (Fsp3) is 0.615. The highest BCUT2D eigenvalue weighted by Gasteiger charge is 2.64. The summed E-state index contributed by atoms with van der Waals surface area (Å²) < 4.78 is 45.3. The van der Waals surface area contributed by atoms with Crippen LogP contribution in [0.1, 0.15) is 96.1 Å². The van der Waals surface area contributed by atoms with Crippen molar-refractivity contribution in [2.24, 2.45) is 5.92 Å². The summed E-state index contributed by atoms with van der Waals surface area (Å²) in [7, 11) is -2.36. The van der Waals surface area contributed by atoms with E-state index < -0.39 is 74.0 Å². The van der Waals surface area contributed by atoms with E-state index in [-0.39, 0.29) is 25.8 Å². The van der Waals surface area contributed by atoms with Gasteiger partial charge in [0, 0.05) is 23.3 Å². The Morgan fingerprint density at radius 3 is 2.53 bits per heavy atom. The van der Waals surface area contributed by atoms with Gasteiger partial charge in [-0.2, -0.15) is 0 Å². The number of hydrogen-bond donors (Lipinski definition) is 4. The number of pyridine rings is 1. The van der Waals surface area contributed by atoms with E-state index in [9.17, 15) is 32.7 Å². The highest BCUT2D eigenvalue weighted by atomic mass is 32.2. The molecule has 0 spiro atoms. The van der Waals surface area contributed by atoms with Crippen molar-refractivity contribution in [2.45, 2.75) is 132 Å². The van der Waals surface area contributed by atoms with Gasteiger partial charge in [0.1, 0.15) is 29.0 Å². The third-order valence-electron chi connectivity index (χ3n) is 11.2. The number of nitrogens with zero attached hydrogens (tertiary/aromatic N) is 2. The number of alkyl carbamates (subject to hydrolysis) is 1. The first-order valence-corrected chi connectivity index (χ1v) is 20.8. The zero-order chi connectivity index (χ0) is 39.3. The molecule has 0 radical (unpaired) electrons. The fourth-order valence-electron chi connectivity index (χ4n) is 8.01. The molecule has 15 nitrogen and oxygen atoms in total. The SMILES string of the molecule is COc1ccc2nc(O[C@H]3CN4C(=O)C(NC(=O)OC(C)(C)C)CCCCC/C=C\[C@@H]5C[C@@]5(C(=O)NS(=O)(=O)C5CC5)NC(=O)[C@]4(O)C3)c3c(c2c1)CCC3. The number of aliphatic hydroxyl groups is 1. The second-order valence-electron chi connectivity index (χ2n) is 16.5. The molecule has 1 aromatic heterocycles. The van der Waals surface area contributed by atoms with Crippen molar-refractivity contribution in [1.82, 2.24) is 25.2 Å². The number of rotatable bonds is 7. The molecule has 4 N–H and O–H groups in total. The molecule has 0 bridgehead atoms. The first-order chi connectivity index (χ1) is 26.0. The molecule has 5 atom stereocenters. The molecule has 4 amide bonds. The molecule has 55 heavy (non-hydrogen) atoms. The summed E-state index contributed by atoms with van der Waals surface area (Å²) in [4.78, 5) is 61.7. The normalized spacial score (nSPS) is 29.1. The number of fused-ring (bicyclic) bond motifs is 5. The van der Waals surface area contributed by atoms with Crippen molar-refractivity contribution >= 4 is 44.7 Å². The minimum Gasteiger partial charge on any atom is -0.497 e. The van der Waals surface area contributed by atoms with Gasteiger partial charge in [-0.05, 0) is 102 Å². The van der Waals surface area contributed by atoms with Gasteiger partial charge in [0.05, 0.1) is 24.4 Å². The van der Waals surface area contributed by atoms with Crippen LogP contribution in [-0.2, 0) is 42.0 Å². The van der Waals surface area contributed by atoms with Gasteiger partial charge in [0.15, 0.2) is 0 Å². The van der Waals surface area contributed by atoms with Crippen molar-refractivity contribution in [3.05, 3.63) is 41.5 Å². The average molecular weight is 782 g/mol. The number of carbonyl (C=O) groups is 4. The molecular weight excluding hydrogens is 731 g/mol. The number of amides is 4. The van der Waals surface area contributed by atoms with E-state index in [1.165, 1.54) is 0 Å². The Hall–Kier alpha value is -4.44. The van der Waals surface area contributed by atoms with Crippen LogP contribution >= 0.6 is 0 Å². The Kier molecular flexibility index (Phi) is 10.3. The van der Waals surface area contributed by atoms with Crippen LogP contribution in [0.4, 0.5) is 4.79 Å². The highest BCUT2D eigenvalue weighted by Crippen LogP contribution is 2.47. The van der Waals surface area contributed by atoms with E-state index >= 15 is 0 Å². The van der Waals surface area contributed by atoms with E-state index in [2.05, 4.69) is 15.4 Å². The molecule has 3 fully saturated rings. The lowest BCUT2D eigenvalue weighted by Crippen LogP contribution is -2.64. The lowest BCUT2D eigenvalue weighted by atomic mass is 10.0. The van der Waals surface area contributed by atoms with Crippen LogP contribution in [0.2, 0.25) is 0 Å². The zero-order valence-corrected chi connectivity index (χ0v) is 32.6. The molecule has 1 saturated heterocycles. The van der Waals surface area contributed by atoms with E-state index in [0.29, 0.717) is 55.7 Å². The summed E-state index contributed by atoms with van der Waals surface area (Å²) in [5.41, 5.74) is -2.42. The minimum atomic E-state index is -3.96. The number of aromatic nitrogens is 1. The predicted molar refractivity (Wildman–Crippen MR) is 200 cm³/mol. The Balaban J connectivity index is 1.23. The first kappa shape index (κ1) is 38.8. The van der Waals surface area contributed by atoms with Crippen LogP contribution in [0.3, 0.4) is 0 Å². The Bertz CT molecular complexity index is 2030. The summed E-state index contributed by atoms with van der Waals surface area (Å²) in [6.07, 6.45) is 7.75. The molecule has 7 rings (SSSR count). The molecule has 16 heteroatoms. The number of hydrogen-bond acceptors (Lipinski definition) is 11. The van der Waals surface area contributed by atoms with Crippen LogP contribution in [0.15, 0.2) is 30.4 Å². The molecule has 1 unspecified atom stereocenters. The summed E-state index contributed by atoms with van der Waals surface area (Å²) in [5, 5.41) is 18.1. The maximum Gasteiger partial charge on any atom is 0.408 e. The number of aryl methyl sites for hydroxylation is 1. The van der Waals surface area contributed by atoms with Crippen molar-refractivity contribution < 1.29 is 46.9 Å². The number of ether oxygens (including phenoxy) is 3. The Morgan fingerprint density at radius 1 is 1.04 bits per heavy atom. The molecule has 2 aliphatic heterocycles. The van der Waals surface area contributed by atoms with Gasteiger partial charge < -0.3 is 34.9 Å². The number of benzene rings is 1. The molecule has 2 aromatic rings. The van der Waals surface area contributed by atoms with Gasteiger partial charge in [0.2, 0.25) is 27.5 Å². The van der Waals surface area contributed by atoms with E-state index in [1.807, 2.05) is 18.2 Å². The van der Waals surface area contributed by atoms with Gasteiger partial charge in [0.25, 0.3) is 11.8 Å². The summed E-state index contributed by atoms with van der Waals surface area (Å²) in [6, 6.07) is 4.41. The van der Waals surface area contributed by atoms with E-state index in [0.717, 1.165) is 40.7 Å². The second kappa shape index (κ2) is 14.6. The summed E-state index contributed by atoms with van der Waals surface area (Å²) >= 11 is 0. The minimum absolute atomic E-state index is 0.103. The largest absolute Gasteiger partial charge is 0.497 e. The highest BCUT2D eigenvalue weighted by molar-refractivity contribution is 7.91.